The van der Waals surface area contributed by atoms with E-state index in [0.717, 1.165) is 96.3 Å². The maximum Gasteiger partial charge on any atom is 0.472 e. The van der Waals surface area contributed by atoms with E-state index < -0.39 is 64.4 Å². The Bertz CT molecular complexity index is 1700. The van der Waals surface area contributed by atoms with E-state index in [1.165, 1.54) is 57.8 Å². The summed E-state index contributed by atoms with van der Waals surface area (Å²) >= 11 is 0. The van der Waals surface area contributed by atoms with Gasteiger partial charge in [0, 0.05) is 12.8 Å². The van der Waals surface area contributed by atoms with Gasteiger partial charge in [-0.1, -0.05) is 226 Å². The fraction of sp³-hybridized carbons (Fsp3) is 0.629. The number of rotatable bonds is 51. The van der Waals surface area contributed by atoms with Gasteiger partial charge >= 0.3 is 25.7 Å². The van der Waals surface area contributed by atoms with Crippen molar-refractivity contribution in [2.45, 2.75) is 226 Å². The summed E-state index contributed by atoms with van der Waals surface area (Å²) in [5, 5.41) is 9.80. The van der Waals surface area contributed by atoms with E-state index in [1.54, 1.807) is 6.08 Å². The molecule has 2 N–H and O–H groups in total. The molecule has 0 aliphatic carbocycles. The molecule has 0 aromatic carbocycles. The Labute approximate surface area is 449 Å². The number of phosphoric ester groups is 1. The lowest BCUT2D eigenvalue weighted by Crippen LogP contribution is -2.30. The molecule has 0 saturated carbocycles. The van der Waals surface area contributed by atoms with Crippen LogP contribution in [0.25, 0.3) is 0 Å². The molecule has 0 fully saturated rings. The summed E-state index contributed by atoms with van der Waals surface area (Å²) in [5.41, 5.74) is 0. The maximum atomic E-state index is 12.9. The molecule has 0 amide bonds. The minimum absolute atomic E-state index is 0.0187. The van der Waals surface area contributed by atoms with Crippen LogP contribution >= 0.6 is 7.82 Å². The highest BCUT2D eigenvalue weighted by Crippen LogP contribution is 2.43. The first-order valence-corrected chi connectivity index (χ1v) is 29.9. The minimum Gasteiger partial charge on any atom is -0.461 e. The fourth-order valence-electron chi connectivity index (χ4n) is 7.16. The average Bonchev–Trinajstić information content (AvgIpc) is 3.39. The molecule has 0 aromatic heterocycles. The molecule has 0 saturated heterocycles. The van der Waals surface area contributed by atoms with Crippen molar-refractivity contribution in [3.8, 4) is 0 Å². The second-order valence-corrected chi connectivity index (χ2v) is 19.8. The summed E-state index contributed by atoms with van der Waals surface area (Å²) in [6, 6.07) is 0. The predicted octanol–water partition coefficient (Wildman–Crippen LogP) is 16.8. The van der Waals surface area contributed by atoms with Crippen LogP contribution in [0.2, 0.25) is 0 Å². The van der Waals surface area contributed by atoms with Gasteiger partial charge in [0.1, 0.15) is 12.7 Å². The van der Waals surface area contributed by atoms with Gasteiger partial charge in [0.2, 0.25) is 0 Å². The second-order valence-electron chi connectivity index (χ2n) is 18.4. The largest absolute Gasteiger partial charge is 0.472 e. The van der Waals surface area contributed by atoms with Crippen molar-refractivity contribution >= 4 is 25.7 Å². The number of carbonyl (C=O) groups is 3. The van der Waals surface area contributed by atoms with Gasteiger partial charge in [0.15, 0.2) is 6.10 Å². The molecular formula is C62H101O11P. The van der Waals surface area contributed by atoms with E-state index in [2.05, 4.69) is 124 Å². The van der Waals surface area contributed by atoms with E-state index >= 15 is 0 Å². The number of unbranched alkanes of at least 4 members (excludes halogenated alkanes) is 15. The molecule has 0 bridgehead atoms. The molecule has 0 aliphatic rings. The standard InChI is InChI=1S/C62H101O11P/c1-4-7-10-13-16-19-22-25-27-28-29-30-32-35-38-41-44-47-50-53-62(66)73-59(55-69-60(64)51-48-45-42-39-36-34-31-26-23-20-17-14-11-8-5-2)57-71-74(67,68)70-56-58(54-63)72-61(65)52-49-46-43-40-37-33-24-21-18-15-12-9-6-3/h7-8,10-11,16-17,19-20,25-27,29-31,35-36,38-39,45,48,58-59,63H,4-6,9,12-15,18,21-24,28,32-34,37,40-44,46-47,49-57H2,1-3H3,(H,67,68)/b10-7-,11-8-,19-16-,20-17-,27-25-,30-29-,31-26-,38-35-,39-36-,48-45-. The Morgan fingerprint density at radius 3 is 1.15 bits per heavy atom. The molecule has 0 aromatic rings. The molecule has 12 heteroatoms. The Hall–Kier alpha value is -4.12. The van der Waals surface area contributed by atoms with Crippen molar-refractivity contribution in [1.29, 1.82) is 0 Å². The lowest BCUT2D eigenvalue weighted by Gasteiger charge is -2.21. The summed E-state index contributed by atoms with van der Waals surface area (Å²) in [6.45, 7) is 4.25. The third kappa shape index (κ3) is 52.7. The molecule has 3 atom stereocenters. The van der Waals surface area contributed by atoms with Crippen LogP contribution in [0.4, 0.5) is 0 Å². The third-order valence-corrected chi connectivity index (χ3v) is 12.4. The molecule has 0 spiro atoms. The van der Waals surface area contributed by atoms with Crippen LogP contribution in [0.1, 0.15) is 213 Å². The predicted molar refractivity (Wildman–Crippen MR) is 306 cm³/mol. The Morgan fingerprint density at radius 1 is 0.405 bits per heavy atom. The van der Waals surface area contributed by atoms with Gasteiger partial charge in [0.25, 0.3) is 0 Å². The molecule has 0 heterocycles. The highest BCUT2D eigenvalue weighted by atomic mass is 31.2. The number of hydrogen-bond acceptors (Lipinski definition) is 10. The highest BCUT2D eigenvalue weighted by Gasteiger charge is 2.28. The molecule has 0 aliphatic heterocycles. The van der Waals surface area contributed by atoms with Gasteiger partial charge in [-0.2, -0.15) is 0 Å². The van der Waals surface area contributed by atoms with Crippen LogP contribution in [-0.4, -0.2) is 66.5 Å². The summed E-state index contributed by atoms with van der Waals surface area (Å²) in [5.74, 6) is -1.67. The van der Waals surface area contributed by atoms with Crippen LogP contribution in [0.3, 0.4) is 0 Å². The smallest absolute Gasteiger partial charge is 0.461 e. The lowest BCUT2D eigenvalue weighted by molar-refractivity contribution is -0.161. The first-order chi connectivity index (χ1) is 36.2. The highest BCUT2D eigenvalue weighted by molar-refractivity contribution is 7.47. The monoisotopic (exact) mass is 1050 g/mol. The lowest BCUT2D eigenvalue weighted by atomic mass is 10.0. The normalized spacial score (nSPS) is 14.3. The number of carbonyl (C=O) groups excluding carboxylic acids is 3. The minimum atomic E-state index is -4.78. The molecular weight excluding hydrogens is 952 g/mol. The molecule has 3 unspecified atom stereocenters. The zero-order chi connectivity index (χ0) is 54.1. The SMILES string of the molecule is CC/C=C\C/C=C\C/C=C\C/C=C\C/C=C\CCCCCC(=O)OC(COC(=O)C/C=C\C/C=C\C/C=C\C/C=C\C/C=C\CC)COP(=O)(O)OCC(CO)OC(=O)CCCCCCCCCCCCCCC. The van der Waals surface area contributed by atoms with Crippen LogP contribution < -0.4 is 0 Å². The van der Waals surface area contributed by atoms with E-state index in [-0.39, 0.29) is 19.3 Å². The summed E-state index contributed by atoms with van der Waals surface area (Å²) in [7, 11) is -4.78. The van der Waals surface area contributed by atoms with Crippen molar-refractivity contribution in [1.82, 2.24) is 0 Å². The number of esters is 3. The molecule has 74 heavy (non-hydrogen) atoms. The van der Waals surface area contributed by atoms with Gasteiger partial charge in [-0.3, -0.25) is 23.4 Å². The zero-order valence-corrected chi connectivity index (χ0v) is 47.2. The topological polar surface area (TPSA) is 155 Å². The summed E-state index contributed by atoms with van der Waals surface area (Å²) in [6.07, 6.45) is 67.6. The average molecular weight is 1050 g/mol. The van der Waals surface area contributed by atoms with Crippen molar-refractivity contribution in [3.05, 3.63) is 122 Å². The Balaban J connectivity index is 4.91. The maximum absolute atomic E-state index is 12.9. The van der Waals surface area contributed by atoms with Crippen LogP contribution in [0.15, 0.2) is 122 Å². The first-order valence-electron chi connectivity index (χ1n) is 28.4. The fourth-order valence-corrected chi connectivity index (χ4v) is 7.94. The second kappa shape index (κ2) is 55.1. The van der Waals surface area contributed by atoms with Gasteiger partial charge in [-0.05, 0) is 89.9 Å². The number of aliphatic hydroxyl groups excluding tert-OH is 1. The summed E-state index contributed by atoms with van der Waals surface area (Å²) in [4.78, 5) is 48.4. The Morgan fingerprint density at radius 2 is 0.743 bits per heavy atom. The number of ether oxygens (including phenoxy) is 3. The van der Waals surface area contributed by atoms with Gasteiger partial charge < -0.3 is 24.2 Å². The van der Waals surface area contributed by atoms with Crippen LogP contribution in [0.5, 0.6) is 0 Å². The number of phosphoric acid groups is 1. The quantitative estimate of drug-likeness (QED) is 0.0197. The molecule has 420 valence electrons. The van der Waals surface area contributed by atoms with Crippen molar-refractivity contribution in [3.63, 3.8) is 0 Å². The van der Waals surface area contributed by atoms with Crippen molar-refractivity contribution < 1.29 is 52.2 Å². The summed E-state index contributed by atoms with van der Waals surface area (Å²) < 4.78 is 39.3. The molecule has 0 radical (unpaired) electrons. The van der Waals surface area contributed by atoms with Crippen molar-refractivity contribution in [2.75, 3.05) is 26.4 Å². The van der Waals surface area contributed by atoms with E-state index in [9.17, 15) is 28.9 Å². The number of allylic oxidation sites excluding steroid dienone is 19. The van der Waals surface area contributed by atoms with Crippen molar-refractivity contribution in [2.24, 2.45) is 0 Å². The first kappa shape index (κ1) is 69.9. The Kier molecular flexibility index (Phi) is 52.1. The van der Waals surface area contributed by atoms with E-state index in [4.69, 9.17) is 23.3 Å². The third-order valence-electron chi connectivity index (χ3n) is 11.4. The number of aliphatic hydroxyl groups is 1. The van der Waals surface area contributed by atoms with Gasteiger partial charge in [0.05, 0.1) is 26.2 Å². The van der Waals surface area contributed by atoms with E-state index in [0.29, 0.717) is 19.3 Å². The van der Waals surface area contributed by atoms with Gasteiger partial charge in [-0.25, -0.2) is 4.57 Å². The number of hydrogen-bond donors (Lipinski definition) is 2. The van der Waals surface area contributed by atoms with Crippen LogP contribution in [-0.2, 0) is 42.2 Å². The van der Waals surface area contributed by atoms with E-state index in [1.807, 2.05) is 12.2 Å². The molecule has 11 nitrogen and oxygen atoms in total. The molecule has 0 rings (SSSR count). The van der Waals surface area contributed by atoms with Crippen LogP contribution in [0, 0.1) is 0 Å². The zero-order valence-electron chi connectivity index (χ0n) is 46.3. The van der Waals surface area contributed by atoms with Gasteiger partial charge in [-0.15, -0.1) is 0 Å².